The number of para-hydroxylation sites is 1. The van der Waals surface area contributed by atoms with Crippen molar-refractivity contribution in [3.05, 3.63) is 64.7 Å². The zero-order valence-electron chi connectivity index (χ0n) is 15.0. The molecule has 2 saturated carbocycles. The second kappa shape index (κ2) is 6.00. The molecule has 3 aliphatic rings. The van der Waals surface area contributed by atoms with E-state index in [1.807, 2.05) is 6.07 Å². The predicted octanol–water partition coefficient (Wildman–Crippen LogP) is 5.70. The van der Waals surface area contributed by atoms with E-state index < -0.39 is 17.7 Å². The van der Waals surface area contributed by atoms with E-state index in [0.717, 1.165) is 36.5 Å². The maximum atomic E-state index is 13.7. The zero-order chi connectivity index (χ0) is 19.6. The third-order valence-corrected chi connectivity index (χ3v) is 6.94. The second-order valence-electron chi connectivity index (χ2n) is 8.25. The number of fused-ring (bicyclic) bond motifs is 7. The van der Waals surface area contributed by atoms with Gasteiger partial charge in [0.1, 0.15) is 0 Å². The number of alkyl halides is 3. The Morgan fingerprint density at radius 2 is 1.75 bits per heavy atom. The van der Waals surface area contributed by atoms with E-state index in [-0.39, 0.29) is 29.1 Å². The maximum absolute atomic E-state index is 13.7. The summed E-state index contributed by atoms with van der Waals surface area (Å²) < 4.78 is 41.0. The smallest absolute Gasteiger partial charge is 0.418 e. The highest BCUT2D eigenvalue weighted by Crippen LogP contribution is 2.64. The number of aromatic carboxylic acids is 1. The lowest BCUT2D eigenvalue weighted by Gasteiger charge is -2.44. The van der Waals surface area contributed by atoms with Crippen molar-refractivity contribution in [3.63, 3.8) is 0 Å². The van der Waals surface area contributed by atoms with E-state index in [0.29, 0.717) is 11.8 Å². The first kappa shape index (κ1) is 17.6. The van der Waals surface area contributed by atoms with Gasteiger partial charge in [-0.15, -0.1) is 0 Å². The Hall–Kier alpha value is -2.50. The Bertz CT molecular complexity index is 938. The molecule has 0 spiro atoms. The van der Waals surface area contributed by atoms with Gasteiger partial charge < -0.3 is 10.4 Å². The molecule has 2 N–H and O–H groups in total. The van der Waals surface area contributed by atoms with Crippen LogP contribution in [0.25, 0.3) is 0 Å². The number of hydrogen-bond donors (Lipinski definition) is 2. The molecule has 28 heavy (non-hydrogen) atoms. The molecule has 2 fully saturated rings. The summed E-state index contributed by atoms with van der Waals surface area (Å²) in [6.45, 7) is 0. The molecule has 1 heterocycles. The zero-order valence-corrected chi connectivity index (χ0v) is 15.0. The Morgan fingerprint density at radius 1 is 1.04 bits per heavy atom. The topological polar surface area (TPSA) is 49.3 Å². The molecule has 146 valence electrons. The van der Waals surface area contributed by atoms with Crippen molar-refractivity contribution >= 4 is 11.7 Å². The van der Waals surface area contributed by atoms with E-state index in [2.05, 4.69) is 5.32 Å². The van der Waals surface area contributed by atoms with Crippen LogP contribution in [0.4, 0.5) is 18.9 Å². The Labute approximate surface area is 160 Å². The molecule has 2 aromatic rings. The van der Waals surface area contributed by atoms with Gasteiger partial charge in [0.25, 0.3) is 0 Å². The molecule has 1 aliphatic heterocycles. The lowest BCUT2D eigenvalue weighted by Crippen LogP contribution is -2.36. The Balaban J connectivity index is 1.63. The summed E-state index contributed by atoms with van der Waals surface area (Å²) in [5.74, 6) is 0.284. The minimum atomic E-state index is -4.42. The Kier molecular flexibility index (Phi) is 3.77. The van der Waals surface area contributed by atoms with Crippen LogP contribution >= 0.6 is 0 Å². The average Bonchev–Trinajstić information content (AvgIpc) is 3.28. The molecular weight excluding hydrogens is 367 g/mol. The summed E-state index contributed by atoms with van der Waals surface area (Å²) in [4.78, 5) is 11.2. The first-order chi connectivity index (χ1) is 13.3. The van der Waals surface area contributed by atoms with Gasteiger partial charge >= 0.3 is 12.1 Å². The van der Waals surface area contributed by atoms with E-state index in [1.54, 1.807) is 12.1 Å². The fourth-order valence-electron chi connectivity index (χ4n) is 5.91. The van der Waals surface area contributed by atoms with Crippen LogP contribution in [0.3, 0.4) is 0 Å². The van der Waals surface area contributed by atoms with Crippen LogP contribution in [0.5, 0.6) is 0 Å². The molecule has 2 bridgehead atoms. The molecule has 5 rings (SSSR count). The lowest BCUT2D eigenvalue weighted by atomic mass is 9.67. The molecule has 0 aromatic heterocycles. The van der Waals surface area contributed by atoms with Crippen molar-refractivity contribution < 1.29 is 23.1 Å². The summed E-state index contributed by atoms with van der Waals surface area (Å²) in [6.07, 6.45) is -1.16. The van der Waals surface area contributed by atoms with Crippen molar-refractivity contribution in [3.8, 4) is 0 Å². The molecule has 0 saturated heterocycles. The molecular formula is C22H20F3NO2. The van der Waals surface area contributed by atoms with Crippen molar-refractivity contribution in [2.75, 3.05) is 5.32 Å². The van der Waals surface area contributed by atoms with Crippen LogP contribution < -0.4 is 5.32 Å². The van der Waals surface area contributed by atoms with Crippen LogP contribution in [-0.2, 0) is 6.18 Å². The van der Waals surface area contributed by atoms with Crippen LogP contribution in [0.15, 0.2) is 42.5 Å². The van der Waals surface area contributed by atoms with Crippen molar-refractivity contribution in [1.29, 1.82) is 0 Å². The number of carboxylic acids is 1. The minimum absolute atomic E-state index is 0.126. The van der Waals surface area contributed by atoms with Gasteiger partial charge in [-0.2, -0.15) is 13.2 Å². The van der Waals surface area contributed by atoms with Gasteiger partial charge in [0.15, 0.2) is 0 Å². The summed E-state index contributed by atoms with van der Waals surface area (Å²) in [6, 6.07) is 10.8. The van der Waals surface area contributed by atoms with Crippen LogP contribution in [-0.4, -0.2) is 11.1 Å². The molecule has 3 nitrogen and oxygen atoms in total. The molecule has 0 unspecified atom stereocenters. The van der Waals surface area contributed by atoms with Crippen LogP contribution in [0, 0.1) is 17.8 Å². The average molecular weight is 387 g/mol. The number of hydrogen-bond acceptors (Lipinski definition) is 2. The number of halogens is 3. The highest BCUT2D eigenvalue weighted by molar-refractivity contribution is 5.87. The summed E-state index contributed by atoms with van der Waals surface area (Å²) >= 11 is 0. The van der Waals surface area contributed by atoms with Crippen LogP contribution in [0.1, 0.15) is 58.3 Å². The van der Waals surface area contributed by atoms with Gasteiger partial charge in [0.05, 0.1) is 22.9 Å². The molecule has 0 radical (unpaired) electrons. The number of carbonyl (C=O) groups is 1. The minimum Gasteiger partial charge on any atom is -0.478 e. The standard InChI is InChI=1S/C22H20F3NO2/c23-22(24,25)16-3-1-2-15-17-13-8-9-14(10-13)18(17)19(26-20(15)16)11-4-6-12(7-5-11)21(27)28/h1-7,13-14,17-19,26H,8-10H2,(H,27,28)/t13-,14-,17-,18+,19-/m0/s1. The molecule has 0 amide bonds. The number of nitrogens with one attached hydrogen (secondary N) is 1. The van der Waals surface area contributed by atoms with E-state index in [1.165, 1.54) is 18.2 Å². The van der Waals surface area contributed by atoms with E-state index >= 15 is 0 Å². The van der Waals surface area contributed by atoms with Crippen LogP contribution in [0.2, 0.25) is 0 Å². The third kappa shape index (κ3) is 2.54. The summed E-state index contributed by atoms with van der Waals surface area (Å²) in [5, 5.41) is 12.4. The fraction of sp³-hybridized carbons (Fsp3) is 0.409. The van der Waals surface area contributed by atoms with Gasteiger partial charge in [-0.25, -0.2) is 4.79 Å². The SMILES string of the molecule is O=C(O)c1ccc([C@@H]2Nc3c(cccc3C(F)(F)F)[C@@H]3[C@H]4CC[C@@H](C4)[C@H]32)cc1. The summed E-state index contributed by atoms with van der Waals surface area (Å²) in [5.41, 5.74) is 1.43. The number of carboxylic acid groups (broad SMARTS) is 1. The van der Waals surface area contributed by atoms with Gasteiger partial charge in [-0.3, -0.25) is 0 Å². The maximum Gasteiger partial charge on any atom is 0.418 e. The van der Waals surface area contributed by atoms with Crippen molar-refractivity contribution in [2.24, 2.45) is 17.8 Å². The number of rotatable bonds is 2. The number of anilines is 1. The Morgan fingerprint density at radius 3 is 2.43 bits per heavy atom. The summed E-state index contributed by atoms with van der Waals surface area (Å²) in [7, 11) is 0. The highest BCUT2D eigenvalue weighted by atomic mass is 19.4. The second-order valence-corrected chi connectivity index (χ2v) is 8.25. The lowest BCUT2D eigenvalue weighted by molar-refractivity contribution is -0.137. The highest BCUT2D eigenvalue weighted by Gasteiger charge is 2.54. The number of benzene rings is 2. The van der Waals surface area contributed by atoms with E-state index in [9.17, 15) is 18.0 Å². The van der Waals surface area contributed by atoms with Crippen molar-refractivity contribution in [2.45, 2.75) is 37.4 Å². The third-order valence-electron chi connectivity index (χ3n) is 6.94. The van der Waals surface area contributed by atoms with Gasteiger partial charge in [0, 0.05) is 0 Å². The molecule has 2 aromatic carbocycles. The van der Waals surface area contributed by atoms with Crippen molar-refractivity contribution in [1.82, 2.24) is 0 Å². The van der Waals surface area contributed by atoms with E-state index in [4.69, 9.17) is 5.11 Å². The van der Waals surface area contributed by atoms with Gasteiger partial charge in [-0.1, -0.05) is 24.3 Å². The normalized spacial score (nSPS) is 30.5. The molecule has 2 aliphatic carbocycles. The fourth-order valence-corrected chi connectivity index (χ4v) is 5.91. The monoisotopic (exact) mass is 387 g/mol. The first-order valence-corrected chi connectivity index (χ1v) is 9.64. The molecule has 6 heteroatoms. The molecule has 5 atom stereocenters. The van der Waals surface area contributed by atoms with Gasteiger partial charge in [-0.05, 0) is 72.3 Å². The first-order valence-electron chi connectivity index (χ1n) is 9.64. The predicted molar refractivity (Wildman–Crippen MR) is 98.3 cm³/mol. The van der Waals surface area contributed by atoms with Gasteiger partial charge in [0.2, 0.25) is 0 Å². The quantitative estimate of drug-likeness (QED) is 0.695. The largest absolute Gasteiger partial charge is 0.478 e.